The maximum Gasteiger partial charge on any atom is 0.142 e. The summed E-state index contributed by atoms with van der Waals surface area (Å²) in [6.07, 6.45) is 2.32. The first-order chi connectivity index (χ1) is 13.8. The molecule has 0 bridgehead atoms. The highest BCUT2D eigenvalue weighted by molar-refractivity contribution is 7.17. The second-order valence-corrected chi connectivity index (χ2v) is 8.14. The normalized spacial score (nSPS) is 15.1. The molecule has 3 aromatic rings. The van der Waals surface area contributed by atoms with E-state index in [-0.39, 0.29) is 0 Å². The van der Waals surface area contributed by atoms with Gasteiger partial charge in [0.2, 0.25) is 0 Å². The lowest BCUT2D eigenvalue weighted by Gasteiger charge is -2.36. The lowest BCUT2D eigenvalue weighted by molar-refractivity contribution is 0.254. The average Bonchev–Trinajstić information content (AvgIpc) is 3.16. The van der Waals surface area contributed by atoms with Gasteiger partial charge in [0.15, 0.2) is 0 Å². The molecule has 1 aliphatic rings. The van der Waals surface area contributed by atoms with Gasteiger partial charge in [0.1, 0.15) is 11.5 Å². The summed E-state index contributed by atoms with van der Waals surface area (Å²) in [5.74, 6) is 1.91. The number of nitrogens with zero attached hydrogens (tertiary/aromatic N) is 2. The van der Waals surface area contributed by atoms with Crippen LogP contribution in [0.4, 0.5) is 5.69 Å². The number of fused-ring (bicyclic) bond motifs is 1. The average molecular weight is 397 g/mol. The molecule has 0 radical (unpaired) electrons. The van der Waals surface area contributed by atoms with Gasteiger partial charge in [-0.1, -0.05) is 12.1 Å². The number of rotatable bonds is 7. The van der Waals surface area contributed by atoms with Crippen molar-refractivity contribution in [3.8, 4) is 11.5 Å². The van der Waals surface area contributed by atoms with Crippen LogP contribution in [-0.2, 0) is 6.42 Å². The number of benzene rings is 2. The first-order valence-electron chi connectivity index (χ1n) is 9.93. The molecule has 2 heterocycles. The Labute approximate surface area is 171 Å². The third-order valence-electron chi connectivity index (χ3n) is 5.58. The fraction of sp³-hybridized carbons (Fsp3) is 0.391. The van der Waals surface area contributed by atoms with E-state index in [0.29, 0.717) is 0 Å². The number of methoxy groups -OCH3 is 2. The van der Waals surface area contributed by atoms with Gasteiger partial charge in [0, 0.05) is 30.9 Å². The molecule has 1 aromatic heterocycles. The maximum absolute atomic E-state index is 5.52. The van der Waals surface area contributed by atoms with E-state index < -0.39 is 0 Å². The Morgan fingerprint density at radius 1 is 0.964 bits per heavy atom. The van der Waals surface area contributed by atoms with Crippen LogP contribution in [-0.4, -0.2) is 51.8 Å². The van der Waals surface area contributed by atoms with Crippen LogP contribution in [0.25, 0.3) is 10.1 Å². The van der Waals surface area contributed by atoms with Gasteiger partial charge in [-0.15, -0.1) is 11.3 Å². The van der Waals surface area contributed by atoms with E-state index in [4.69, 9.17) is 9.47 Å². The summed E-state index contributed by atoms with van der Waals surface area (Å²) in [4.78, 5) is 5.02. The number of hydrogen-bond donors (Lipinski definition) is 0. The SMILES string of the molecule is COc1ccc2scc(CCCN3CCN(c4ccccc4OC)CC3)c2c1. The van der Waals surface area contributed by atoms with E-state index in [9.17, 15) is 0 Å². The van der Waals surface area contributed by atoms with Gasteiger partial charge < -0.3 is 14.4 Å². The number of anilines is 1. The number of hydrogen-bond acceptors (Lipinski definition) is 5. The molecule has 0 N–H and O–H groups in total. The fourth-order valence-electron chi connectivity index (χ4n) is 3.98. The molecule has 28 heavy (non-hydrogen) atoms. The first kappa shape index (κ1) is 19.1. The number of thiophene rings is 1. The van der Waals surface area contributed by atoms with Gasteiger partial charge in [0.25, 0.3) is 0 Å². The molecule has 1 fully saturated rings. The van der Waals surface area contributed by atoms with Gasteiger partial charge >= 0.3 is 0 Å². The second kappa shape index (κ2) is 8.84. The van der Waals surface area contributed by atoms with Crippen molar-refractivity contribution in [1.29, 1.82) is 0 Å². The Hall–Kier alpha value is -2.24. The van der Waals surface area contributed by atoms with Gasteiger partial charge in [-0.3, -0.25) is 4.90 Å². The molecule has 0 spiro atoms. The van der Waals surface area contributed by atoms with Crippen LogP contribution in [0.2, 0.25) is 0 Å². The molecule has 1 saturated heterocycles. The monoisotopic (exact) mass is 396 g/mol. The summed E-state index contributed by atoms with van der Waals surface area (Å²) < 4.78 is 12.3. The van der Waals surface area contributed by atoms with Crippen molar-refractivity contribution in [3.63, 3.8) is 0 Å². The number of aryl methyl sites for hydroxylation is 1. The number of ether oxygens (including phenoxy) is 2. The highest BCUT2D eigenvalue weighted by Crippen LogP contribution is 2.31. The minimum absolute atomic E-state index is 0.944. The van der Waals surface area contributed by atoms with Crippen molar-refractivity contribution in [1.82, 2.24) is 4.90 Å². The van der Waals surface area contributed by atoms with E-state index in [0.717, 1.165) is 50.6 Å². The van der Waals surface area contributed by atoms with Crippen molar-refractivity contribution >= 4 is 27.1 Å². The van der Waals surface area contributed by atoms with Crippen molar-refractivity contribution in [2.75, 3.05) is 51.8 Å². The van der Waals surface area contributed by atoms with Crippen LogP contribution < -0.4 is 14.4 Å². The zero-order valence-corrected chi connectivity index (χ0v) is 17.5. The first-order valence-corrected chi connectivity index (χ1v) is 10.8. The lowest BCUT2D eigenvalue weighted by atomic mass is 10.1. The minimum Gasteiger partial charge on any atom is -0.497 e. The van der Waals surface area contributed by atoms with E-state index in [1.807, 2.05) is 29.5 Å². The Balaban J connectivity index is 1.29. The predicted octanol–water partition coefficient (Wildman–Crippen LogP) is 4.67. The van der Waals surface area contributed by atoms with Crippen LogP contribution in [0.1, 0.15) is 12.0 Å². The summed E-state index contributed by atoms with van der Waals surface area (Å²) in [5, 5.41) is 3.66. The van der Waals surface area contributed by atoms with Crippen molar-refractivity contribution in [2.45, 2.75) is 12.8 Å². The molecular formula is C23H28N2O2S. The summed E-state index contributed by atoms with van der Waals surface area (Å²) in [6.45, 7) is 5.48. The Morgan fingerprint density at radius 3 is 2.57 bits per heavy atom. The van der Waals surface area contributed by atoms with Crippen molar-refractivity contribution < 1.29 is 9.47 Å². The van der Waals surface area contributed by atoms with Gasteiger partial charge in [-0.05, 0) is 66.0 Å². The van der Waals surface area contributed by atoms with Crippen molar-refractivity contribution in [2.24, 2.45) is 0 Å². The molecule has 148 valence electrons. The Kier molecular flexibility index (Phi) is 6.03. The lowest BCUT2D eigenvalue weighted by Crippen LogP contribution is -2.46. The second-order valence-electron chi connectivity index (χ2n) is 7.23. The quantitative estimate of drug-likeness (QED) is 0.579. The van der Waals surface area contributed by atoms with Crippen LogP contribution >= 0.6 is 11.3 Å². The van der Waals surface area contributed by atoms with E-state index in [2.05, 4.69) is 39.4 Å². The molecule has 4 rings (SSSR count). The summed E-state index contributed by atoms with van der Waals surface area (Å²) >= 11 is 1.83. The van der Waals surface area contributed by atoms with E-state index in [1.165, 1.54) is 27.8 Å². The van der Waals surface area contributed by atoms with Crippen LogP contribution in [0, 0.1) is 0 Å². The third kappa shape index (κ3) is 4.10. The molecule has 0 atom stereocenters. The molecule has 4 nitrogen and oxygen atoms in total. The molecule has 0 unspecified atom stereocenters. The molecule has 0 aliphatic carbocycles. The largest absolute Gasteiger partial charge is 0.497 e. The molecule has 1 aliphatic heterocycles. The molecule has 0 saturated carbocycles. The number of piperazine rings is 1. The van der Waals surface area contributed by atoms with Crippen LogP contribution in [0.5, 0.6) is 11.5 Å². The van der Waals surface area contributed by atoms with Gasteiger partial charge in [-0.2, -0.15) is 0 Å². The number of para-hydroxylation sites is 2. The molecule has 5 heteroatoms. The van der Waals surface area contributed by atoms with Crippen molar-refractivity contribution in [3.05, 3.63) is 53.4 Å². The summed E-state index contributed by atoms with van der Waals surface area (Å²) in [7, 11) is 3.48. The fourth-order valence-corrected chi connectivity index (χ4v) is 4.96. The Bertz CT molecular complexity index is 916. The van der Waals surface area contributed by atoms with E-state index in [1.54, 1.807) is 14.2 Å². The summed E-state index contributed by atoms with van der Waals surface area (Å²) in [5.41, 5.74) is 2.66. The molecule has 2 aromatic carbocycles. The standard InChI is InChI=1S/C23H28N2O2S/c1-26-19-9-10-23-20(16-19)18(17-28-23)6-5-11-24-12-14-25(15-13-24)21-7-3-4-8-22(21)27-2/h3-4,7-10,16-17H,5-6,11-15H2,1-2H3. The topological polar surface area (TPSA) is 24.9 Å². The zero-order chi connectivity index (χ0) is 19.3. The minimum atomic E-state index is 0.944. The predicted molar refractivity (Wildman–Crippen MR) is 118 cm³/mol. The zero-order valence-electron chi connectivity index (χ0n) is 16.7. The highest BCUT2D eigenvalue weighted by Gasteiger charge is 2.19. The van der Waals surface area contributed by atoms with Crippen LogP contribution in [0.15, 0.2) is 47.8 Å². The van der Waals surface area contributed by atoms with E-state index >= 15 is 0 Å². The third-order valence-corrected chi connectivity index (χ3v) is 6.59. The molecule has 0 amide bonds. The summed E-state index contributed by atoms with van der Waals surface area (Å²) in [6, 6.07) is 14.7. The smallest absolute Gasteiger partial charge is 0.142 e. The Morgan fingerprint density at radius 2 is 1.79 bits per heavy atom. The molecular weight excluding hydrogens is 368 g/mol. The highest BCUT2D eigenvalue weighted by atomic mass is 32.1. The van der Waals surface area contributed by atoms with Gasteiger partial charge in [-0.25, -0.2) is 0 Å². The van der Waals surface area contributed by atoms with Crippen LogP contribution in [0.3, 0.4) is 0 Å². The maximum atomic E-state index is 5.52. The van der Waals surface area contributed by atoms with Gasteiger partial charge in [0.05, 0.1) is 19.9 Å².